The van der Waals surface area contributed by atoms with Crippen LogP contribution in [0.1, 0.15) is 23.5 Å². The first-order valence-electron chi connectivity index (χ1n) is 6.94. The number of nitrogens with one attached hydrogen (secondary N) is 1. The Kier molecular flexibility index (Phi) is 4.04. The zero-order valence-corrected chi connectivity index (χ0v) is 13.2. The van der Waals surface area contributed by atoms with Crippen molar-refractivity contribution in [2.24, 2.45) is 0 Å². The van der Waals surface area contributed by atoms with E-state index in [1.165, 1.54) is 23.1 Å². The number of pyridine rings is 1. The number of aromatic amines is 1. The predicted octanol–water partition coefficient (Wildman–Crippen LogP) is 3.32. The number of nitrogens with zero attached hydrogens (tertiary/aromatic N) is 2. The van der Waals surface area contributed by atoms with E-state index in [9.17, 15) is 9.18 Å². The highest BCUT2D eigenvalue weighted by Crippen LogP contribution is 2.23. The zero-order valence-electron chi connectivity index (χ0n) is 12.3. The average molecular weight is 317 g/mol. The van der Waals surface area contributed by atoms with Gasteiger partial charge in [0.15, 0.2) is 5.43 Å². The van der Waals surface area contributed by atoms with Crippen LogP contribution in [0.2, 0.25) is 0 Å². The van der Waals surface area contributed by atoms with Gasteiger partial charge in [-0.15, -0.1) is 11.3 Å². The monoisotopic (exact) mass is 317 g/mol. The van der Waals surface area contributed by atoms with Crippen LogP contribution in [0.4, 0.5) is 4.39 Å². The van der Waals surface area contributed by atoms with E-state index in [4.69, 9.17) is 0 Å². The third-order valence-corrected chi connectivity index (χ3v) is 4.74. The van der Waals surface area contributed by atoms with E-state index in [1.807, 2.05) is 18.8 Å². The highest BCUT2D eigenvalue weighted by Gasteiger charge is 2.14. The number of halogens is 1. The molecule has 0 bridgehead atoms. The highest BCUT2D eigenvalue weighted by atomic mass is 32.1. The van der Waals surface area contributed by atoms with Gasteiger partial charge in [-0.2, -0.15) is 0 Å². The SMILES string of the molecule is CC(c1cncs1)N(C)Cc1cc(=O)c2cc(F)ccc2[nH]1. The van der Waals surface area contributed by atoms with Crippen LogP contribution >= 0.6 is 11.3 Å². The van der Waals surface area contributed by atoms with E-state index in [0.717, 1.165) is 5.69 Å². The van der Waals surface area contributed by atoms with Gasteiger partial charge in [-0.1, -0.05) is 0 Å². The fourth-order valence-electron chi connectivity index (χ4n) is 2.41. The summed E-state index contributed by atoms with van der Waals surface area (Å²) in [7, 11) is 2.00. The van der Waals surface area contributed by atoms with Gasteiger partial charge in [0.05, 0.1) is 5.51 Å². The zero-order chi connectivity index (χ0) is 15.7. The number of thiazole rings is 1. The summed E-state index contributed by atoms with van der Waals surface area (Å²) in [6.07, 6.45) is 1.86. The van der Waals surface area contributed by atoms with Crippen molar-refractivity contribution < 1.29 is 4.39 Å². The fraction of sp³-hybridized carbons (Fsp3) is 0.250. The average Bonchev–Trinajstić information content (AvgIpc) is 3.01. The van der Waals surface area contributed by atoms with Gasteiger partial charge >= 0.3 is 0 Å². The largest absolute Gasteiger partial charge is 0.357 e. The van der Waals surface area contributed by atoms with E-state index in [0.29, 0.717) is 17.4 Å². The number of hydrogen-bond acceptors (Lipinski definition) is 4. The second kappa shape index (κ2) is 5.98. The molecule has 0 aliphatic carbocycles. The van der Waals surface area contributed by atoms with Crippen molar-refractivity contribution in [1.29, 1.82) is 0 Å². The minimum atomic E-state index is -0.401. The summed E-state index contributed by atoms with van der Waals surface area (Å²) in [4.78, 5) is 22.7. The van der Waals surface area contributed by atoms with Crippen molar-refractivity contribution >= 4 is 22.2 Å². The molecular formula is C16H16FN3OS. The Hall–Kier alpha value is -2.05. The van der Waals surface area contributed by atoms with Crippen LogP contribution in [0.15, 0.2) is 40.8 Å². The van der Waals surface area contributed by atoms with Crippen molar-refractivity contribution in [3.63, 3.8) is 0 Å². The van der Waals surface area contributed by atoms with Crippen molar-refractivity contribution in [1.82, 2.24) is 14.9 Å². The summed E-state index contributed by atoms with van der Waals surface area (Å²) in [6.45, 7) is 2.70. The van der Waals surface area contributed by atoms with Crippen LogP contribution in [0.25, 0.3) is 10.9 Å². The van der Waals surface area contributed by atoms with E-state index in [-0.39, 0.29) is 11.5 Å². The summed E-state index contributed by atoms with van der Waals surface area (Å²) >= 11 is 1.61. The molecule has 0 aliphatic rings. The van der Waals surface area contributed by atoms with E-state index in [2.05, 4.69) is 21.8 Å². The third kappa shape index (κ3) is 2.93. The second-order valence-electron chi connectivity index (χ2n) is 5.34. The maximum absolute atomic E-state index is 13.2. The van der Waals surface area contributed by atoms with E-state index in [1.54, 1.807) is 17.4 Å². The molecule has 2 aromatic heterocycles. The number of H-pyrrole nitrogens is 1. The van der Waals surface area contributed by atoms with Crippen LogP contribution in [-0.2, 0) is 6.54 Å². The van der Waals surface area contributed by atoms with Crippen molar-refractivity contribution in [2.75, 3.05) is 7.05 Å². The Bertz CT molecular complexity index is 844. The summed E-state index contributed by atoms with van der Waals surface area (Å²) < 4.78 is 13.2. The van der Waals surface area contributed by atoms with Crippen LogP contribution in [-0.4, -0.2) is 21.9 Å². The molecule has 0 spiro atoms. The first-order valence-corrected chi connectivity index (χ1v) is 7.82. The quantitative estimate of drug-likeness (QED) is 0.803. The van der Waals surface area contributed by atoms with Crippen LogP contribution < -0.4 is 5.43 Å². The molecule has 0 fully saturated rings. The lowest BCUT2D eigenvalue weighted by molar-refractivity contribution is 0.253. The van der Waals surface area contributed by atoms with Crippen molar-refractivity contribution in [3.05, 3.63) is 62.6 Å². The number of aromatic nitrogens is 2. The Morgan fingerprint density at radius 1 is 1.41 bits per heavy atom. The lowest BCUT2D eigenvalue weighted by Gasteiger charge is -2.23. The molecule has 2 heterocycles. The molecule has 1 aromatic carbocycles. The molecule has 0 aliphatic heterocycles. The maximum atomic E-state index is 13.2. The molecule has 114 valence electrons. The molecule has 3 aromatic rings. The first kappa shape index (κ1) is 14.9. The molecule has 22 heavy (non-hydrogen) atoms. The molecule has 1 N–H and O–H groups in total. The fourth-order valence-corrected chi connectivity index (χ4v) is 3.16. The van der Waals surface area contributed by atoms with Gasteiger partial charge in [0.1, 0.15) is 5.82 Å². The summed E-state index contributed by atoms with van der Waals surface area (Å²) in [6, 6.07) is 5.97. The normalized spacial score (nSPS) is 12.9. The third-order valence-electron chi connectivity index (χ3n) is 3.79. The molecule has 3 rings (SSSR count). The van der Waals surface area contributed by atoms with E-state index >= 15 is 0 Å². The first-order chi connectivity index (χ1) is 10.5. The summed E-state index contributed by atoms with van der Waals surface area (Å²) in [5, 5.41) is 0.377. The minimum absolute atomic E-state index is 0.165. The smallest absolute Gasteiger partial charge is 0.189 e. The molecule has 0 amide bonds. The molecule has 6 heteroatoms. The molecule has 0 saturated carbocycles. The van der Waals surface area contributed by atoms with Gasteiger partial charge < -0.3 is 4.98 Å². The topological polar surface area (TPSA) is 49.0 Å². The Morgan fingerprint density at radius 2 is 2.23 bits per heavy atom. The van der Waals surface area contributed by atoms with Gasteiger partial charge in [0, 0.05) is 46.3 Å². The highest BCUT2D eigenvalue weighted by molar-refractivity contribution is 7.09. The van der Waals surface area contributed by atoms with Crippen LogP contribution in [0, 0.1) is 5.82 Å². The number of rotatable bonds is 4. The number of hydrogen-bond donors (Lipinski definition) is 1. The number of benzene rings is 1. The van der Waals surface area contributed by atoms with Gasteiger partial charge in [-0.25, -0.2) is 4.39 Å². The Balaban J connectivity index is 1.88. The van der Waals surface area contributed by atoms with Crippen molar-refractivity contribution in [3.8, 4) is 0 Å². The standard InChI is InChI=1S/C16H16FN3OS/c1-10(16-7-18-9-22-16)20(2)8-12-6-15(21)13-5-11(17)3-4-14(13)19-12/h3-7,9-10H,8H2,1-2H3,(H,19,21). The summed E-state index contributed by atoms with van der Waals surface area (Å²) in [5.41, 5.74) is 3.11. The predicted molar refractivity (Wildman–Crippen MR) is 86.5 cm³/mol. The van der Waals surface area contributed by atoms with Crippen LogP contribution in [0.5, 0.6) is 0 Å². The molecule has 0 saturated heterocycles. The lowest BCUT2D eigenvalue weighted by atomic mass is 10.1. The Morgan fingerprint density at radius 3 is 2.95 bits per heavy atom. The Labute approximate surface area is 131 Å². The lowest BCUT2D eigenvalue weighted by Crippen LogP contribution is -2.22. The van der Waals surface area contributed by atoms with Crippen molar-refractivity contribution in [2.45, 2.75) is 19.5 Å². The van der Waals surface area contributed by atoms with E-state index < -0.39 is 5.82 Å². The summed E-state index contributed by atoms with van der Waals surface area (Å²) in [5.74, 6) is -0.401. The molecule has 1 atom stereocenters. The molecule has 4 nitrogen and oxygen atoms in total. The van der Waals surface area contributed by atoms with Gasteiger partial charge in [-0.05, 0) is 32.2 Å². The molecular weight excluding hydrogens is 301 g/mol. The van der Waals surface area contributed by atoms with Crippen LogP contribution in [0.3, 0.4) is 0 Å². The minimum Gasteiger partial charge on any atom is -0.357 e. The molecule has 1 unspecified atom stereocenters. The molecule has 0 radical (unpaired) electrons. The van der Waals surface area contributed by atoms with Gasteiger partial charge in [0.2, 0.25) is 0 Å². The number of fused-ring (bicyclic) bond motifs is 1. The van der Waals surface area contributed by atoms with Gasteiger partial charge in [-0.3, -0.25) is 14.7 Å². The maximum Gasteiger partial charge on any atom is 0.189 e. The van der Waals surface area contributed by atoms with Gasteiger partial charge in [0.25, 0.3) is 0 Å². The second-order valence-corrected chi connectivity index (χ2v) is 6.26.